The first-order chi connectivity index (χ1) is 5.22. The zero-order valence-corrected chi connectivity index (χ0v) is 7.70. The van der Waals surface area contributed by atoms with Crippen LogP contribution in [-0.4, -0.2) is 19.0 Å². The third-order valence-corrected chi connectivity index (χ3v) is 1.33. The summed E-state index contributed by atoms with van der Waals surface area (Å²) >= 11 is 0. The van der Waals surface area contributed by atoms with Crippen molar-refractivity contribution in [2.45, 2.75) is 20.8 Å². The number of nitrogens with zero attached hydrogens (tertiary/aromatic N) is 2. The number of hydrogen-bond donors (Lipinski definition) is 0. The van der Waals surface area contributed by atoms with Crippen molar-refractivity contribution in [3.8, 4) is 0 Å². The summed E-state index contributed by atoms with van der Waals surface area (Å²) in [4.78, 5) is 8.07. The van der Waals surface area contributed by atoms with E-state index in [1.807, 2.05) is 13.0 Å². The van der Waals surface area contributed by atoms with Crippen molar-refractivity contribution < 1.29 is 0 Å². The first kappa shape index (κ1) is 10.1. The molecule has 0 aromatic carbocycles. The fraction of sp³-hybridized carbons (Fsp3) is 0.556. The van der Waals surface area contributed by atoms with Crippen LogP contribution in [0.2, 0.25) is 0 Å². The van der Waals surface area contributed by atoms with Gasteiger partial charge in [0.1, 0.15) is 0 Å². The standard InChI is InChI=1S/C9H16N2/c1-5-11-7-6-9(10-4)8(2)3/h5-8H,1-4H3/b7-6-,10-9?,11-5?. The lowest BCUT2D eigenvalue weighted by molar-refractivity contribution is 0.886. The van der Waals surface area contributed by atoms with Crippen LogP contribution in [0.25, 0.3) is 0 Å². The molecule has 0 saturated heterocycles. The second-order valence-corrected chi connectivity index (χ2v) is 2.53. The summed E-state index contributed by atoms with van der Waals surface area (Å²) in [5.74, 6) is 0.475. The highest BCUT2D eigenvalue weighted by Gasteiger charge is 1.97. The summed E-state index contributed by atoms with van der Waals surface area (Å²) < 4.78 is 0. The lowest BCUT2D eigenvalue weighted by Gasteiger charge is -2.01. The quantitative estimate of drug-likeness (QED) is 0.554. The van der Waals surface area contributed by atoms with Crippen molar-refractivity contribution >= 4 is 11.9 Å². The highest BCUT2D eigenvalue weighted by Crippen LogP contribution is 1.97. The minimum Gasteiger partial charge on any atom is -0.293 e. The maximum atomic E-state index is 4.12. The van der Waals surface area contributed by atoms with Crippen molar-refractivity contribution in [3.63, 3.8) is 0 Å². The Kier molecular flexibility index (Phi) is 5.35. The van der Waals surface area contributed by atoms with Gasteiger partial charge in [0.2, 0.25) is 0 Å². The molecule has 62 valence electrons. The van der Waals surface area contributed by atoms with Crippen molar-refractivity contribution in [2.24, 2.45) is 15.9 Å². The average molecular weight is 152 g/mol. The van der Waals surface area contributed by atoms with Crippen molar-refractivity contribution in [3.05, 3.63) is 12.3 Å². The predicted molar refractivity (Wildman–Crippen MR) is 51.5 cm³/mol. The van der Waals surface area contributed by atoms with Gasteiger partial charge in [-0.2, -0.15) is 0 Å². The van der Waals surface area contributed by atoms with Gasteiger partial charge in [-0.15, -0.1) is 0 Å². The number of allylic oxidation sites excluding steroid dienone is 1. The minimum absolute atomic E-state index is 0.475. The number of aliphatic imine (C=N–C) groups is 2. The molecule has 0 radical (unpaired) electrons. The normalized spacial score (nSPS) is 14.1. The maximum Gasteiger partial charge on any atom is 0.0385 e. The molecule has 0 amide bonds. The molecule has 0 saturated carbocycles. The van der Waals surface area contributed by atoms with Gasteiger partial charge >= 0.3 is 0 Å². The maximum absolute atomic E-state index is 4.12. The minimum atomic E-state index is 0.475. The van der Waals surface area contributed by atoms with E-state index in [0.717, 1.165) is 5.71 Å². The van der Waals surface area contributed by atoms with E-state index in [1.165, 1.54) is 0 Å². The number of rotatable bonds is 3. The second-order valence-electron chi connectivity index (χ2n) is 2.53. The molecule has 0 N–H and O–H groups in total. The van der Waals surface area contributed by atoms with Crippen LogP contribution in [0, 0.1) is 5.92 Å². The third kappa shape index (κ3) is 4.48. The molecule has 11 heavy (non-hydrogen) atoms. The van der Waals surface area contributed by atoms with E-state index < -0.39 is 0 Å². The molecule has 0 unspecified atom stereocenters. The van der Waals surface area contributed by atoms with Crippen molar-refractivity contribution in [1.82, 2.24) is 0 Å². The molecular weight excluding hydrogens is 136 g/mol. The largest absolute Gasteiger partial charge is 0.293 e. The molecule has 0 rings (SSSR count). The summed E-state index contributed by atoms with van der Waals surface area (Å²) in [7, 11) is 1.80. The van der Waals surface area contributed by atoms with E-state index >= 15 is 0 Å². The van der Waals surface area contributed by atoms with Gasteiger partial charge in [-0.25, -0.2) is 0 Å². The molecule has 0 atom stereocenters. The third-order valence-electron chi connectivity index (χ3n) is 1.33. The summed E-state index contributed by atoms with van der Waals surface area (Å²) in [5, 5.41) is 0. The summed E-state index contributed by atoms with van der Waals surface area (Å²) in [6.45, 7) is 6.12. The van der Waals surface area contributed by atoms with E-state index in [2.05, 4.69) is 23.8 Å². The lowest BCUT2D eigenvalue weighted by atomic mass is 10.1. The smallest absolute Gasteiger partial charge is 0.0385 e. The molecule has 0 fully saturated rings. The molecule has 0 aromatic heterocycles. The fourth-order valence-corrected chi connectivity index (χ4v) is 0.731. The summed E-state index contributed by atoms with van der Waals surface area (Å²) in [6, 6.07) is 0. The van der Waals surface area contributed by atoms with Crippen LogP contribution in [0.1, 0.15) is 20.8 Å². The van der Waals surface area contributed by atoms with E-state index in [1.54, 1.807) is 19.5 Å². The topological polar surface area (TPSA) is 24.7 Å². The predicted octanol–water partition coefficient (Wildman–Crippen LogP) is 2.32. The molecule has 0 aromatic rings. The Bertz CT molecular complexity index is 176. The molecule has 0 spiro atoms. The Morgan fingerprint density at radius 1 is 1.36 bits per heavy atom. The Labute approximate surface area is 68.8 Å². The van der Waals surface area contributed by atoms with Gasteiger partial charge in [-0.05, 0) is 18.9 Å². The van der Waals surface area contributed by atoms with Crippen molar-refractivity contribution in [2.75, 3.05) is 7.05 Å². The van der Waals surface area contributed by atoms with Gasteiger partial charge in [0.15, 0.2) is 0 Å². The first-order valence-electron chi connectivity index (χ1n) is 3.83. The lowest BCUT2D eigenvalue weighted by Crippen LogP contribution is -2.02. The van der Waals surface area contributed by atoms with Crippen LogP contribution in [0.4, 0.5) is 0 Å². The molecule has 0 bridgehead atoms. The van der Waals surface area contributed by atoms with Gasteiger partial charge in [0, 0.05) is 25.2 Å². The Morgan fingerprint density at radius 2 is 2.00 bits per heavy atom. The van der Waals surface area contributed by atoms with Crippen LogP contribution >= 0.6 is 0 Å². The Hall–Kier alpha value is -0.920. The molecule has 0 aliphatic carbocycles. The Balaban J connectivity index is 4.10. The van der Waals surface area contributed by atoms with Gasteiger partial charge in [0.05, 0.1) is 0 Å². The van der Waals surface area contributed by atoms with Crippen LogP contribution in [0.3, 0.4) is 0 Å². The van der Waals surface area contributed by atoms with Crippen molar-refractivity contribution in [1.29, 1.82) is 0 Å². The monoisotopic (exact) mass is 152 g/mol. The van der Waals surface area contributed by atoms with E-state index in [0.29, 0.717) is 5.92 Å². The molecule has 2 heteroatoms. The zero-order chi connectivity index (χ0) is 8.69. The first-order valence-corrected chi connectivity index (χ1v) is 3.83. The van der Waals surface area contributed by atoms with Gasteiger partial charge in [-0.3, -0.25) is 9.98 Å². The van der Waals surface area contributed by atoms with E-state index in [4.69, 9.17) is 0 Å². The molecule has 0 aliphatic rings. The summed E-state index contributed by atoms with van der Waals surface area (Å²) in [6.07, 6.45) is 5.46. The average Bonchev–Trinajstić information content (AvgIpc) is 1.97. The second kappa shape index (κ2) is 5.83. The molecular formula is C9H16N2. The molecule has 2 nitrogen and oxygen atoms in total. The van der Waals surface area contributed by atoms with E-state index in [-0.39, 0.29) is 0 Å². The van der Waals surface area contributed by atoms with Gasteiger partial charge in [0.25, 0.3) is 0 Å². The van der Waals surface area contributed by atoms with Crippen LogP contribution < -0.4 is 0 Å². The van der Waals surface area contributed by atoms with E-state index in [9.17, 15) is 0 Å². The van der Waals surface area contributed by atoms with Crippen LogP contribution in [0.15, 0.2) is 22.3 Å². The highest BCUT2D eigenvalue weighted by molar-refractivity contribution is 5.96. The summed E-state index contributed by atoms with van der Waals surface area (Å²) in [5.41, 5.74) is 1.08. The molecule has 0 heterocycles. The fourth-order valence-electron chi connectivity index (χ4n) is 0.731. The van der Waals surface area contributed by atoms with Crippen LogP contribution in [-0.2, 0) is 0 Å². The van der Waals surface area contributed by atoms with Gasteiger partial charge < -0.3 is 0 Å². The highest BCUT2D eigenvalue weighted by atomic mass is 14.7. The zero-order valence-electron chi connectivity index (χ0n) is 7.70. The Morgan fingerprint density at radius 3 is 2.36 bits per heavy atom. The molecule has 0 aliphatic heterocycles. The van der Waals surface area contributed by atoms with Gasteiger partial charge in [-0.1, -0.05) is 13.8 Å². The SMILES string of the molecule is CC=N/C=C\C(=NC)C(C)C. The number of hydrogen-bond acceptors (Lipinski definition) is 2. The van der Waals surface area contributed by atoms with Crippen LogP contribution in [0.5, 0.6) is 0 Å².